The standard InChI is InChI=1S/C14H19FN2O2/c15-11-5-3-10(4-6-11)13(18)12(9-16)14(19)17-7-1-2-8-17/h3-6,12-13,18H,1-2,7-9,16H2. The first-order valence-corrected chi connectivity index (χ1v) is 6.56. The number of benzene rings is 1. The molecular weight excluding hydrogens is 247 g/mol. The number of nitrogens with two attached hydrogens (primary N) is 1. The number of hydrogen-bond donors (Lipinski definition) is 2. The molecule has 0 bridgehead atoms. The molecule has 1 fully saturated rings. The van der Waals surface area contributed by atoms with E-state index in [9.17, 15) is 14.3 Å². The molecular formula is C14H19FN2O2. The Bertz CT molecular complexity index is 430. The average Bonchev–Trinajstić information content (AvgIpc) is 2.94. The summed E-state index contributed by atoms with van der Waals surface area (Å²) in [6.45, 7) is 1.53. The molecule has 0 saturated carbocycles. The van der Waals surface area contributed by atoms with Crippen molar-refractivity contribution in [2.24, 2.45) is 11.7 Å². The summed E-state index contributed by atoms with van der Waals surface area (Å²) in [5, 5.41) is 10.3. The van der Waals surface area contributed by atoms with E-state index in [1.807, 2.05) is 0 Å². The van der Waals surface area contributed by atoms with Gasteiger partial charge in [-0.05, 0) is 30.5 Å². The predicted octanol–water partition coefficient (Wildman–Crippen LogP) is 1.06. The second-order valence-corrected chi connectivity index (χ2v) is 4.87. The topological polar surface area (TPSA) is 66.6 Å². The minimum Gasteiger partial charge on any atom is -0.388 e. The van der Waals surface area contributed by atoms with Crippen molar-refractivity contribution in [1.29, 1.82) is 0 Å². The summed E-state index contributed by atoms with van der Waals surface area (Å²) < 4.78 is 12.9. The zero-order valence-corrected chi connectivity index (χ0v) is 10.8. The minimum absolute atomic E-state index is 0.0773. The number of amides is 1. The van der Waals surface area contributed by atoms with Crippen LogP contribution in [0.3, 0.4) is 0 Å². The smallest absolute Gasteiger partial charge is 0.229 e. The summed E-state index contributed by atoms with van der Waals surface area (Å²) in [4.78, 5) is 14.0. The fourth-order valence-electron chi connectivity index (χ4n) is 2.43. The summed E-state index contributed by atoms with van der Waals surface area (Å²) in [5.74, 6) is -1.15. The van der Waals surface area contributed by atoms with Crippen molar-refractivity contribution in [3.63, 3.8) is 0 Å². The van der Waals surface area contributed by atoms with Crippen molar-refractivity contribution in [2.75, 3.05) is 19.6 Å². The number of hydrogen-bond acceptors (Lipinski definition) is 3. The minimum atomic E-state index is -0.987. The summed E-state index contributed by atoms with van der Waals surface area (Å²) >= 11 is 0. The third-order valence-electron chi connectivity index (χ3n) is 3.58. The normalized spacial score (nSPS) is 18.4. The van der Waals surface area contributed by atoms with E-state index >= 15 is 0 Å². The van der Waals surface area contributed by atoms with E-state index in [0.717, 1.165) is 25.9 Å². The van der Waals surface area contributed by atoms with E-state index in [2.05, 4.69) is 0 Å². The number of nitrogens with zero attached hydrogens (tertiary/aromatic N) is 1. The highest BCUT2D eigenvalue weighted by molar-refractivity contribution is 5.80. The molecule has 104 valence electrons. The maximum atomic E-state index is 12.9. The van der Waals surface area contributed by atoms with Gasteiger partial charge in [0, 0.05) is 19.6 Å². The van der Waals surface area contributed by atoms with Crippen LogP contribution in [0, 0.1) is 11.7 Å². The van der Waals surface area contributed by atoms with Crippen LogP contribution in [-0.2, 0) is 4.79 Å². The largest absolute Gasteiger partial charge is 0.388 e. The van der Waals surface area contributed by atoms with E-state index in [0.29, 0.717) is 5.56 Å². The summed E-state index contributed by atoms with van der Waals surface area (Å²) in [5.41, 5.74) is 6.15. The first-order chi connectivity index (χ1) is 9.13. The molecule has 0 aliphatic carbocycles. The van der Waals surface area contributed by atoms with Crippen LogP contribution in [-0.4, -0.2) is 35.5 Å². The number of carbonyl (C=O) groups excluding carboxylic acids is 1. The van der Waals surface area contributed by atoms with Crippen molar-refractivity contribution < 1.29 is 14.3 Å². The van der Waals surface area contributed by atoms with Crippen LogP contribution in [0.15, 0.2) is 24.3 Å². The Morgan fingerprint density at radius 2 is 1.89 bits per heavy atom. The third-order valence-corrected chi connectivity index (χ3v) is 3.58. The van der Waals surface area contributed by atoms with Gasteiger partial charge in [0.25, 0.3) is 0 Å². The van der Waals surface area contributed by atoms with Gasteiger partial charge < -0.3 is 15.7 Å². The molecule has 1 saturated heterocycles. The van der Waals surface area contributed by atoms with Crippen molar-refractivity contribution >= 4 is 5.91 Å². The number of aliphatic hydroxyl groups excluding tert-OH is 1. The second kappa shape index (κ2) is 6.12. The summed E-state index contributed by atoms with van der Waals surface area (Å²) in [7, 11) is 0. The fraction of sp³-hybridized carbons (Fsp3) is 0.500. The highest BCUT2D eigenvalue weighted by Crippen LogP contribution is 2.25. The van der Waals surface area contributed by atoms with Crippen LogP contribution in [0.2, 0.25) is 0 Å². The van der Waals surface area contributed by atoms with E-state index in [1.165, 1.54) is 24.3 Å². The van der Waals surface area contributed by atoms with Gasteiger partial charge in [0.15, 0.2) is 0 Å². The molecule has 19 heavy (non-hydrogen) atoms. The van der Waals surface area contributed by atoms with Crippen molar-refractivity contribution in [2.45, 2.75) is 18.9 Å². The van der Waals surface area contributed by atoms with Gasteiger partial charge in [0.2, 0.25) is 5.91 Å². The first kappa shape index (κ1) is 14.0. The lowest BCUT2D eigenvalue weighted by Gasteiger charge is -2.26. The number of rotatable bonds is 4. The van der Waals surface area contributed by atoms with Gasteiger partial charge in [-0.15, -0.1) is 0 Å². The lowest BCUT2D eigenvalue weighted by molar-refractivity contribution is -0.137. The molecule has 2 atom stereocenters. The van der Waals surface area contributed by atoms with Crippen LogP contribution in [0.4, 0.5) is 4.39 Å². The van der Waals surface area contributed by atoms with Crippen LogP contribution in [0.1, 0.15) is 24.5 Å². The third kappa shape index (κ3) is 3.11. The molecule has 0 aromatic heterocycles. The summed E-state index contributed by atoms with van der Waals surface area (Å²) in [6, 6.07) is 5.51. The Balaban J connectivity index is 2.11. The van der Waals surface area contributed by atoms with Gasteiger partial charge in [0.05, 0.1) is 12.0 Å². The van der Waals surface area contributed by atoms with E-state index < -0.39 is 12.0 Å². The Morgan fingerprint density at radius 3 is 2.42 bits per heavy atom. The van der Waals surface area contributed by atoms with Crippen molar-refractivity contribution in [3.05, 3.63) is 35.6 Å². The fourth-order valence-corrected chi connectivity index (χ4v) is 2.43. The molecule has 1 amide bonds. The molecule has 2 rings (SSSR count). The first-order valence-electron chi connectivity index (χ1n) is 6.56. The molecule has 1 heterocycles. The van der Waals surface area contributed by atoms with Gasteiger partial charge in [-0.3, -0.25) is 4.79 Å². The van der Waals surface area contributed by atoms with Crippen LogP contribution >= 0.6 is 0 Å². The zero-order valence-electron chi connectivity index (χ0n) is 10.8. The SMILES string of the molecule is NCC(C(=O)N1CCCC1)C(O)c1ccc(F)cc1. The predicted molar refractivity (Wildman–Crippen MR) is 69.7 cm³/mol. The van der Waals surface area contributed by atoms with E-state index in [1.54, 1.807) is 4.90 Å². The Kier molecular flexibility index (Phi) is 4.50. The highest BCUT2D eigenvalue weighted by atomic mass is 19.1. The highest BCUT2D eigenvalue weighted by Gasteiger charge is 2.31. The molecule has 4 nitrogen and oxygen atoms in total. The number of halogens is 1. The zero-order chi connectivity index (χ0) is 13.8. The van der Waals surface area contributed by atoms with Gasteiger partial charge in [-0.2, -0.15) is 0 Å². The quantitative estimate of drug-likeness (QED) is 0.856. The molecule has 1 aromatic rings. The maximum Gasteiger partial charge on any atom is 0.229 e. The number of likely N-dealkylation sites (tertiary alicyclic amines) is 1. The molecule has 0 radical (unpaired) electrons. The maximum absolute atomic E-state index is 12.9. The van der Waals surface area contributed by atoms with Crippen LogP contribution < -0.4 is 5.73 Å². The molecule has 2 unspecified atom stereocenters. The summed E-state index contributed by atoms with van der Waals surface area (Å²) in [6.07, 6.45) is 1.00. The average molecular weight is 266 g/mol. The Morgan fingerprint density at radius 1 is 1.32 bits per heavy atom. The van der Waals surface area contributed by atoms with E-state index in [-0.39, 0.29) is 18.3 Å². The van der Waals surface area contributed by atoms with Gasteiger partial charge in [0.1, 0.15) is 5.82 Å². The monoisotopic (exact) mass is 266 g/mol. The van der Waals surface area contributed by atoms with Gasteiger partial charge >= 0.3 is 0 Å². The lowest BCUT2D eigenvalue weighted by atomic mass is 9.94. The molecule has 1 aliphatic heterocycles. The molecule has 1 aliphatic rings. The number of aliphatic hydroxyl groups is 1. The van der Waals surface area contributed by atoms with Gasteiger partial charge in [-0.1, -0.05) is 12.1 Å². The molecule has 0 spiro atoms. The van der Waals surface area contributed by atoms with E-state index in [4.69, 9.17) is 5.73 Å². The lowest BCUT2D eigenvalue weighted by Crippen LogP contribution is -2.40. The van der Waals surface area contributed by atoms with Gasteiger partial charge in [-0.25, -0.2) is 4.39 Å². The van der Waals surface area contributed by atoms with Crippen molar-refractivity contribution in [1.82, 2.24) is 4.90 Å². The van der Waals surface area contributed by atoms with Crippen LogP contribution in [0.25, 0.3) is 0 Å². The van der Waals surface area contributed by atoms with Crippen LogP contribution in [0.5, 0.6) is 0 Å². The number of carbonyl (C=O) groups is 1. The molecule has 1 aromatic carbocycles. The molecule has 3 N–H and O–H groups in total. The Hall–Kier alpha value is -1.46. The Labute approximate surface area is 112 Å². The van der Waals surface area contributed by atoms with Crippen molar-refractivity contribution in [3.8, 4) is 0 Å². The second-order valence-electron chi connectivity index (χ2n) is 4.87. The molecule has 5 heteroatoms.